The number of hydrogen-bond acceptors (Lipinski definition) is 3. The van der Waals surface area contributed by atoms with E-state index in [1.54, 1.807) is 6.92 Å². The molecule has 0 saturated heterocycles. The van der Waals surface area contributed by atoms with Gasteiger partial charge in [-0.15, -0.1) is 0 Å². The van der Waals surface area contributed by atoms with Crippen LogP contribution in [-0.4, -0.2) is 18.7 Å². The van der Waals surface area contributed by atoms with Gasteiger partial charge < -0.3 is 9.47 Å². The van der Waals surface area contributed by atoms with Crippen LogP contribution in [0.15, 0.2) is 54.6 Å². The Kier molecular flexibility index (Phi) is 5.38. The molecule has 0 saturated carbocycles. The molecule has 0 unspecified atom stereocenters. The van der Waals surface area contributed by atoms with E-state index in [1.807, 2.05) is 49.4 Å². The predicted octanol–water partition coefficient (Wildman–Crippen LogP) is 4.07. The minimum atomic E-state index is -0.549. The molecular weight excluding hydrogens is 264 g/mol. The minimum absolute atomic E-state index is 0.313. The molecule has 2 aromatic carbocycles. The number of carbonyl (C=O) groups is 1. The zero-order valence-electron chi connectivity index (χ0n) is 12.4. The van der Waals surface area contributed by atoms with E-state index in [-0.39, 0.29) is 5.97 Å². The van der Waals surface area contributed by atoms with Gasteiger partial charge in [0.2, 0.25) is 0 Å². The van der Waals surface area contributed by atoms with Crippen molar-refractivity contribution in [1.29, 1.82) is 0 Å². The van der Waals surface area contributed by atoms with Crippen molar-refractivity contribution in [3.05, 3.63) is 54.6 Å². The number of carbonyl (C=O) groups excluding carboxylic acids is 1. The molecule has 2 rings (SSSR count). The first kappa shape index (κ1) is 15.1. The Labute approximate surface area is 125 Å². The average Bonchev–Trinajstić information content (AvgIpc) is 2.54. The zero-order valence-corrected chi connectivity index (χ0v) is 12.4. The summed E-state index contributed by atoms with van der Waals surface area (Å²) in [6.45, 7) is 4.06. The largest absolute Gasteiger partial charge is 0.479 e. The maximum atomic E-state index is 11.7. The molecule has 0 aliphatic carbocycles. The Morgan fingerprint density at radius 1 is 0.952 bits per heavy atom. The highest BCUT2D eigenvalue weighted by molar-refractivity contribution is 5.75. The highest BCUT2D eigenvalue weighted by atomic mass is 16.6. The highest BCUT2D eigenvalue weighted by Crippen LogP contribution is 2.23. The summed E-state index contributed by atoms with van der Waals surface area (Å²) in [5.41, 5.74) is 2.27. The number of hydrogen-bond donors (Lipinski definition) is 0. The van der Waals surface area contributed by atoms with E-state index in [9.17, 15) is 4.79 Å². The third-order valence-corrected chi connectivity index (χ3v) is 3.16. The Balaban J connectivity index is 2.07. The van der Waals surface area contributed by atoms with Crippen LogP contribution in [0.5, 0.6) is 5.75 Å². The molecule has 0 bridgehead atoms. The van der Waals surface area contributed by atoms with E-state index < -0.39 is 6.10 Å². The Morgan fingerprint density at radius 2 is 1.57 bits per heavy atom. The van der Waals surface area contributed by atoms with Gasteiger partial charge in [-0.2, -0.15) is 0 Å². The fraction of sp³-hybridized carbons (Fsp3) is 0.278. The lowest BCUT2D eigenvalue weighted by Gasteiger charge is -2.16. The summed E-state index contributed by atoms with van der Waals surface area (Å²) < 4.78 is 10.7. The lowest BCUT2D eigenvalue weighted by molar-refractivity contribution is -0.151. The normalized spacial score (nSPS) is 11.7. The third kappa shape index (κ3) is 4.09. The fourth-order valence-electron chi connectivity index (χ4n) is 2.05. The maximum absolute atomic E-state index is 11.7. The minimum Gasteiger partial charge on any atom is -0.479 e. The van der Waals surface area contributed by atoms with Crippen LogP contribution in [0, 0.1) is 0 Å². The first-order valence-electron chi connectivity index (χ1n) is 7.23. The van der Waals surface area contributed by atoms with Gasteiger partial charge in [-0.1, -0.05) is 49.4 Å². The van der Waals surface area contributed by atoms with Crippen molar-refractivity contribution in [3.8, 4) is 16.9 Å². The lowest BCUT2D eigenvalue weighted by atomic mass is 10.1. The van der Waals surface area contributed by atoms with Crippen LogP contribution in [-0.2, 0) is 9.53 Å². The molecule has 0 radical (unpaired) electrons. The van der Waals surface area contributed by atoms with Gasteiger partial charge in [0.05, 0.1) is 6.61 Å². The molecule has 3 heteroatoms. The second kappa shape index (κ2) is 7.48. The molecule has 0 amide bonds. The van der Waals surface area contributed by atoms with E-state index in [0.717, 1.165) is 11.1 Å². The quantitative estimate of drug-likeness (QED) is 0.750. The van der Waals surface area contributed by atoms with Crippen LogP contribution in [0.3, 0.4) is 0 Å². The maximum Gasteiger partial charge on any atom is 0.347 e. The Bertz CT molecular complexity index is 561. The van der Waals surface area contributed by atoms with Crippen molar-refractivity contribution in [2.24, 2.45) is 0 Å². The SMILES string of the molecule is CCOC(=O)[C@@H](CC)Oc1ccc(-c2ccccc2)cc1. The molecule has 0 spiro atoms. The van der Waals surface area contributed by atoms with Crippen LogP contribution in [0.1, 0.15) is 20.3 Å². The average molecular weight is 284 g/mol. The molecule has 110 valence electrons. The third-order valence-electron chi connectivity index (χ3n) is 3.16. The molecule has 0 fully saturated rings. The molecule has 0 aliphatic heterocycles. The summed E-state index contributed by atoms with van der Waals surface area (Å²) in [6, 6.07) is 17.9. The van der Waals surface area contributed by atoms with Gasteiger partial charge in [-0.05, 0) is 36.6 Å². The molecule has 0 N–H and O–H groups in total. The van der Waals surface area contributed by atoms with E-state index in [0.29, 0.717) is 18.8 Å². The van der Waals surface area contributed by atoms with Gasteiger partial charge in [0.15, 0.2) is 6.10 Å². The van der Waals surface area contributed by atoms with Crippen LogP contribution in [0.25, 0.3) is 11.1 Å². The molecule has 1 atom stereocenters. The number of ether oxygens (including phenoxy) is 2. The fourth-order valence-corrected chi connectivity index (χ4v) is 2.05. The number of esters is 1. The monoisotopic (exact) mass is 284 g/mol. The summed E-state index contributed by atoms with van der Waals surface area (Å²) in [6.07, 6.45) is 0.0340. The van der Waals surface area contributed by atoms with Gasteiger partial charge in [0, 0.05) is 0 Å². The lowest BCUT2D eigenvalue weighted by Crippen LogP contribution is -2.28. The van der Waals surface area contributed by atoms with Crippen LogP contribution in [0.2, 0.25) is 0 Å². The van der Waals surface area contributed by atoms with Gasteiger partial charge in [-0.3, -0.25) is 0 Å². The summed E-state index contributed by atoms with van der Waals surface area (Å²) in [5, 5.41) is 0. The van der Waals surface area contributed by atoms with Crippen molar-refractivity contribution in [1.82, 2.24) is 0 Å². The first-order valence-corrected chi connectivity index (χ1v) is 7.23. The van der Waals surface area contributed by atoms with Crippen molar-refractivity contribution < 1.29 is 14.3 Å². The first-order chi connectivity index (χ1) is 10.2. The molecular formula is C18H20O3. The van der Waals surface area contributed by atoms with Gasteiger partial charge in [0.25, 0.3) is 0 Å². The second-order valence-electron chi connectivity index (χ2n) is 4.66. The highest BCUT2D eigenvalue weighted by Gasteiger charge is 2.19. The van der Waals surface area contributed by atoms with Crippen molar-refractivity contribution in [2.75, 3.05) is 6.61 Å². The number of rotatable bonds is 6. The van der Waals surface area contributed by atoms with Crippen LogP contribution < -0.4 is 4.74 Å². The Morgan fingerprint density at radius 3 is 2.14 bits per heavy atom. The predicted molar refractivity (Wildman–Crippen MR) is 83.2 cm³/mol. The van der Waals surface area contributed by atoms with E-state index in [1.165, 1.54) is 0 Å². The molecule has 0 heterocycles. The second-order valence-corrected chi connectivity index (χ2v) is 4.66. The Hall–Kier alpha value is -2.29. The molecule has 2 aromatic rings. The van der Waals surface area contributed by atoms with Crippen molar-refractivity contribution in [2.45, 2.75) is 26.4 Å². The van der Waals surface area contributed by atoms with Gasteiger partial charge in [0.1, 0.15) is 5.75 Å². The van der Waals surface area contributed by atoms with E-state index >= 15 is 0 Å². The van der Waals surface area contributed by atoms with Gasteiger partial charge >= 0.3 is 5.97 Å². The summed E-state index contributed by atoms with van der Waals surface area (Å²) >= 11 is 0. The van der Waals surface area contributed by atoms with Gasteiger partial charge in [-0.25, -0.2) is 4.79 Å². The molecule has 0 aliphatic rings. The molecule has 0 aromatic heterocycles. The molecule has 21 heavy (non-hydrogen) atoms. The van der Waals surface area contributed by atoms with Crippen LogP contribution >= 0.6 is 0 Å². The van der Waals surface area contributed by atoms with Crippen LogP contribution in [0.4, 0.5) is 0 Å². The summed E-state index contributed by atoms with van der Waals surface area (Å²) in [4.78, 5) is 11.7. The van der Waals surface area contributed by atoms with E-state index in [4.69, 9.17) is 9.47 Å². The smallest absolute Gasteiger partial charge is 0.347 e. The zero-order chi connectivity index (χ0) is 15.1. The summed E-state index contributed by atoms with van der Waals surface area (Å²) in [5.74, 6) is 0.363. The topological polar surface area (TPSA) is 35.5 Å². The van der Waals surface area contributed by atoms with Crippen molar-refractivity contribution in [3.63, 3.8) is 0 Å². The number of benzene rings is 2. The van der Waals surface area contributed by atoms with Crippen molar-refractivity contribution >= 4 is 5.97 Å². The van der Waals surface area contributed by atoms with E-state index in [2.05, 4.69) is 12.1 Å². The molecule has 3 nitrogen and oxygen atoms in total. The summed E-state index contributed by atoms with van der Waals surface area (Å²) in [7, 11) is 0. The standard InChI is InChI=1S/C18H20O3/c1-3-17(18(19)20-4-2)21-16-12-10-15(11-13-16)14-8-6-5-7-9-14/h5-13,17H,3-4H2,1-2H3/t17-/m1/s1.